The van der Waals surface area contributed by atoms with E-state index in [1.165, 1.54) is 20.3 Å². The van der Waals surface area contributed by atoms with Gasteiger partial charge < -0.3 is 44.7 Å². The Hall–Kier alpha value is -4.23. The highest BCUT2D eigenvalue weighted by Gasteiger charge is 2.31. The van der Waals surface area contributed by atoms with Crippen molar-refractivity contribution in [1.82, 2.24) is 9.88 Å². The summed E-state index contributed by atoms with van der Waals surface area (Å²) in [6.07, 6.45) is 7.43. The number of carbonyl (C=O) groups is 2. The normalized spacial score (nSPS) is 26.9. The number of hydrogen-bond donors (Lipinski definition) is 5. The van der Waals surface area contributed by atoms with E-state index < -0.39 is 42.2 Å². The lowest BCUT2D eigenvalue weighted by atomic mass is 9.87. The molecule has 2 aromatic rings. The zero-order chi connectivity index (χ0) is 35.5. The third-order valence-corrected chi connectivity index (χ3v) is 8.28. The van der Waals surface area contributed by atoms with E-state index in [0.29, 0.717) is 29.7 Å². The molecule has 1 aliphatic rings. The Morgan fingerprint density at radius 1 is 1.17 bits per heavy atom. The lowest BCUT2D eigenvalue weighted by molar-refractivity contribution is -0.112. The highest BCUT2D eigenvalue weighted by Crippen LogP contribution is 2.44. The maximum atomic E-state index is 13.2. The average molecular weight is 667 g/mol. The third kappa shape index (κ3) is 10.1. The third-order valence-electron chi connectivity index (χ3n) is 8.28. The molecule has 2 bridgehead atoms. The summed E-state index contributed by atoms with van der Waals surface area (Å²) < 4.78 is 17.4. The van der Waals surface area contributed by atoms with Crippen molar-refractivity contribution < 1.29 is 39.1 Å². The molecule has 2 heterocycles. The van der Waals surface area contributed by atoms with Crippen molar-refractivity contribution >= 4 is 29.5 Å². The Morgan fingerprint density at radius 3 is 2.52 bits per heavy atom. The van der Waals surface area contributed by atoms with E-state index in [9.17, 15) is 24.9 Å². The number of benzene rings is 1. The molecule has 12 heteroatoms. The van der Waals surface area contributed by atoms with Crippen LogP contribution in [0.25, 0.3) is 0 Å². The highest BCUT2D eigenvalue weighted by molar-refractivity contribution is 6.04. The van der Waals surface area contributed by atoms with E-state index in [2.05, 4.69) is 15.3 Å². The van der Waals surface area contributed by atoms with Gasteiger partial charge in [0.25, 0.3) is 5.91 Å². The van der Waals surface area contributed by atoms with Crippen LogP contribution in [0, 0.1) is 11.8 Å². The minimum atomic E-state index is -0.943. The van der Waals surface area contributed by atoms with E-state index in [0.717, 1.165) is 0 Å². The molecule has 262 valence electrons. The SMILES string of the molecule is CO[C@H]1C=C/C=C(\C)C(=O)Nc2cc(O)c(N=CCN(C)C)c(c2O)C[C@@H](C)C[C@H](OC)[C@H](O)[C@@H](C)/C=C(\C)[C@@H]1OC(=O)c1ccc[nH]1. The molecule has 0 aliphatic carbocycles. The predicted octanol–water partition coefficient (Wildman–Crippen LogP) is 4.91. The van der Waals surface area contributed by atoms with Gasteiger partial charge in [0, 0.05) is 56.3 Å². The standard InChI is InChI=1S/C36H50N4O8/c1-21-17-25-31(38-15-16-40(5)6)28(41)20-27(33(25)43)39-35(44)22(2)11-9-13-29(46-7)34(48-36(45)26-12-10-14-37-26)24(4)19-23(3)32(42)30(18-21)47-8/h9-15,19-21,23,29-30,32,34,37,41-43H,16-18H2,1-8H3,(H,39,44)/b13-9?,22-11+,24-19+,38-15?/t21-,23+,29+,30+,32-,34+/m1/s1. The molecule has 12 nitrogen and oxygen atoms in total. The molecule has 0 saturated heterocycles. The quantitative estimate of drug-likeness (QED) is 0.0907. The first-order valence-electron chi connectivity index (χ1n) is 15.9. The molecule has 1 aromatic carbocycles. The van der Waals surface area contributed by atoms with Gasteiger partial charge in [0.1, 0.15) is 29.0 Å². The molecule has 0 saturated carbocycles. The number of allylic oxidation sites excluding steroid dienone is 2. The molecule has 0 radical (unpaired) electrons. The van der Waals surface area contributed by atoms with E-state index in [1.54, 1.807) is 56.6 Å². The lowest BCUT2D eigenvalue weighted by Crippen LogP contribution is -2.36. The van der Waals surface area contributed by atoms with Crippen molar-refractivity contribution in [3.8, 4) is 11.5 Å². The summed E-state index contributed by atoms with van der Waals surface area (Å²) in [5, 5.41) is 36.6. The smallest absolute Gasteiger partial charge is 0.355 e. The van der Waals surface area contributed by atoms with Crippen molar-refractivity contribution in [3.63, 3.8) is 0 Å². The molecular weight excluding hydrogens is 616 g/mol. The lowest BCUT2D eigenvalue weighted by Gasteiger charge is -2.29. The van der Waals surface area contributed by atoms with Crippen LogP contribution in [-0.2, 0) is 25.4 Å². The summed E-state index contributed by atoms with van der Waals surface area (Å²) in [4.78, 5) is 35.5. The van der Waals surface area contributed by atoms with E-state index >= 15 is 0 Å². The van der Waals surface area contributed by atoms with Gasteiger partial charge in [0.05, 0.1) is 17.9 Å². The molecule has 48 heavy (non-hydrogen) atoms. The van der Waals surface area contributed by atoms with Gasteiger partial charge in [-0.25, -0.2) is 4.79 Å². The number of rotatable bonds is 7. The van der Waals surface area contributed by atoms with Crippen LogP contribution < -0.4 is 5.32 Å². The van der Waals surface area contributed by atoms with Crippen LogP contribution in [0.5, 0.6) is 11.5 Å². The van der Waals surface area contributed by atoms with Crippen molar-refractivity contribution in [3.05, 3.63) is 71.1 Å². The van der Waals surface area contributed by atoms with Crippen molar-refractivity contribution in [2.75, 3.05) is 40.2 Å². The molecule has 1 amide bonds. The molecular formula is C36H50N4O8. The van der Waals surface area contributed by atoms with Gasteiger partial charge in [0.2, 0.25) is 0 Å². The highest BCUT2D eigenvalue weighted by atomic mass is 16.6. The fraction of sp³-hybridized carbons (Fsp3) is 0.472. The fourth-order valence-corrected chi connectivity index (χ4v) is 5.55. The molecule has 1 aromatic heterocycles. The number of aliphatic imine (C=N–C) groups is 1. The number of nitrogens with one attached hydrogen (secondary N) is 2. The van der Waals surface area contributed by atoms with Crippen LogP contribution in [0.15, 0.2) is 64.8 Å². The van der Waals surface area contributed by atoms with Gasteiger partial charge in [-0.3, -0.25) is 9.79 Å². The number of esters is 1. The summed E-state index contributed by atoms with van der Waals surface area (Å²) in [6.45, 7) is 7.70. The van der Waals surface area contributed by atoms with Crippen molar-refractivity contribution in [2.24, 2.45) is 16.8 Å². The maximum Gasteiger partial charge on any atom is 0.355 e. The van der Waals surface area contributed by atoms with Gasteiger partial charge in [-0.2, -0.15) is 0 Å². The van der Waals surface area contributed by atoms with Crippen molar-refractivity contribution in [2.45, 2.75) is 65.0 Å². The maximum absolute atomic E-state index is 13.2. The number of aromatic amines is 1. The van der Waals surface area contributed by atoms with Gasteiger partial charge >= 0.3 is 5.97 Å². The number of nitrogens with zero attached hydrogens (tertiary/aromatic N) is 2. The van der Waals surface area contributed by atoms with Gasteiger partial charge in [-0.1, -0.05) is 38.2 Å². The topological polar surface area (TPSA) is 166 Å². The number of phenols is 2. The predicted molar refractivity (Wildman–Crippen MR) is 186 cm³/mol. The van der Waals surface area contributed by atoms with Crippen LogP contribution in [0.1, 0.15) is 50.2 Å². The monoisotopic (exact) mass is 666 g/mol. The largest absolute Gasteiger partial charge is 0.506 e. The number of anilines is 1. The van der Waals surface area contributed by atoms with Gasteiger partial charge in [-0.05, 0) is 64.4 Å². The molecule has 0 fully saturated rings. The van der Waals surface area contributed by atoms with Crippen LogP contribution in [0.3, 0.4) is 0 Å². The Balaban J connectivity index is 2.11. The number of aliphatic hydroxyl groups excluding tert-OH is 1. The minimum Gasteiger partial charge on any atom is -0.506 e. The molecule has 0 unspecified atom stereocenters. The van der Waals surface area contributed by atoms with E-state index in [-0.39, 0.29) is 40.9 Å². The Morgan fingerprint density at radius 2 is 1.90 bits per heavy atom. The summed E-state index contributed by atoms with van der Waals surface area (Å²) in [5.74, 6) is -2.09. The molecule has 1 aliphatic heterocycles. The zero-order valence-corrected chi connectivity index (χ0v) is 29.1. The Labute approximate surface area is 282 Å². The zero-order valence-electron chi connectivity index (χ0n) is 29.1. The van der Waals surface area contributed by atoms with E-state index in [1.807, 2.05) is 38.9 Å². The number of aromatic hydroxyl groups is 2. The Kier molecular flexibility index (Phi) is 14.2. The number of hydrogen-bond acceptors (Lipinski definition) is 10. The number of fused-ring (bicyclic) bond motifs is 2. The number of ether oxygens (including phenoxy) is 3. The number of aromatic nitrogens is 1. The number of aliphatic hydroxyl groups is 1. The first-order chi connectivity index (χ1) is 22.8. The first kappa shape index (κ1) is 38.2. The summed E-state index contributed by atoms with van der Waals surface area (Å²) in [7, 11) is 6.78. The number of phenolic OH excluding ortho intramolecular Hbond substituents is 2. The number of carbonyl (C=O) groups excluding carboxylic acids is 2. The fourth-order valence-electron chi connectivity index (χ4n) is 5.55. The van der Waals surface area contributed by atoms with Crippen LogP contribution in [0.4, 0.5) is 11.4 Å². The Bertz CT molecular complexity index is 1510. The number of amides is 1. The minimum absolute atomic E-state index is 0.0312. The molecule has 6 atom stereocenters. The number of H-pyrrole nitrogens is 1. The molecule has 3 rings (SSSR count). The molecule has 5 N–H and O–H groups in total. The second-order valence-electron chi connectivity index (χ2n) is 12.6. The van der Waals surface area contributed by atoms with Crippen LogP contribution in [-0.4, -0.2) is 103 Å². The van der Waals surface area contributed by atoms with Crippen LogP contribution >= 0.6 is 0 Å². The second-order valence-corrected chi connectivity index (χ2v) is 12.6. The summed E-state index contributed by atoms with van der Waals surface area (Å²) in [6, 6.07) is 4.58. The summed E-state index contributed by atoms with van der Waals surface area (Å²) >= 11 is 0. The first-order valence-corrected chi connectivity index (χ1v) is 15.9. The van der Waals surface area contributed by atoms with Crippen molar-refractivity contribution in [1.29, 1.82) is 0 Å². The molecule has 0 spiro atoms. The van der Waals surface area contributed by atoms with Gasteiger partial charge in [-0.15, -0.1) is 0 Å². The van der Waals surface area contributed by atoms with Crippen LogP contribution in [0.2, 0.25) is 0 Å². The van der Waals surface area contributed by atoms with Gasteiger partial charge in [0.15, 0.2) is 6.10 Å². The van der Waals surface area contributed by atoms with E-state index in [4.69, 9.17) is 14.2 Å². The second kappa shape index (κ2) is 17.8. The summed E-state index contributed by atoms with van der Waals surface area (Å²) in [5.41, 5.74) is 1.81. The average Bonchev–Trinajstić information content (AvgIpc) is 3.59. The number of methoxy groups -OCH3 is 2.